The van der Waals surface area contributed by atoms with Gasteiger partial charge in [-0.05, 0) is 37.1 Å². The molecular weight excluding hydrogens is 324 g/mol. The Bertz CT molecular complexity index is 691. The quantitative estimate of drug-likeness (QED) is 0.727. The van der Waals surface area contributed by atoms with Crippen LogP contribution in [0, 0.1) is 13.8 Å². The van der Waals surface area contributed by atoms with E-state index in [0.29, 0.717) is 16.9 Å². The molecule has 128 valence electrons. The number of carbonyl (C=O) groups excluding carboxylic acids is 1. The first kappa shape index (κ1) is 18.9. The first-order chi connectivity index (χ1) is 10.6. The van der Waals surface area contributed by atoms with Crippen molar-refractivity contribution in [3.63, 3.8) is 0 Å². The van der Waals surface area contributed by atoms with Crippen LogP contribution in [-0.4, -0.2) is 57.0 Å². The Labute approximate surface area is 135 Å². The molecule has 0 spiro atoms. The van der Waals surface area contributed by atoms with Gasteiger partial charge >= 0.3 is 5.97 Å². The number of nitrogens with one attached hydrogen (secondary N) is 1. The van der Waals surface area contributed by atoms with Crippen molar-refractivity contribution in [1.29, 1.82) is 0 Å². The topological polar surface area (TPSA) is 113 Å². The molecule has 0 aliphatic carbocycles. The molecule has 1 amide bonds. The third kappa shape index (κ3) is 4.67. The Balaban J connectivity index is 3.03. The first-order valence-corrected chi connectivity index (χ1v) is 8.13. The summed E-state index contributed by atoms with van der Waals surface area (Å²) in [5, 5.41) is 10.6. The molecule has 1 rings (SSSR count). The third-order valence-corrected chi connectivity index (χ3v) is 5.25. The molecule has 0 bridgehead atoms. The maximum atomic E-state index is 12.6. The highest BCUT2D eigenvalue weighted by molar-refractivity contribution is 7.89. The van der Waals surface area contributed by atoms with Gasteiger partial charge in [-0.2, -0.15) is 4.31 Å². The zero-order chi connectivity index (χ0) is 17.8. The summed E-state index contributed by atoms with van der Waals surface area (Å²) in [5.41, 5.74) is 0.999. The fourth-order valence-electron chi connectivity index (χ4n) is 2.11. The fraction of sp³-hybridized carbons (Fsp3) is 0.429. The zero-order valence-electron chi connectivity index (χ0n) is 13.4. The molecule has 0 heterocycles. The van der Waals surface area contributed by atoms with Crippen LogP contribution in [0.15, 0.2) is 17.0 Å². The van der Waals surface area contributed by atoms with Crippen molar-refractivity contribution < 1.29 is 27.9 Å². The third-order valence-electron chi connectivity index (χ3n) is 3.14. The molecule has 1 aromatic rings. The lowest BCUT2D eigenvalue weighted by molar-refractivity contribution is -0.137. The average Bonchev–Trinajstić information content (AvgIpc) is 2.43. The molecule has 0 aromatic heterocycles. The number of ether oxygens (including phenoxy) is 1. The molecule has 1 aromatic carbocycles. The number of hydrogen-bond donors (Lipinski definition) is 2. The number of likely N-dealkylation sites (N-methyl/N-ethyl adjacent to an activating group) is 1. The minimum Gasteiger partial charge on any atom is -0.497 e. The monoisotopic (exact) mass is 344 g/mol. The predicted molar refractivity (Wildman–Crippen MR) is 82.9 cm³/mol. The highest BCUT2D eigenvalue weighted by Crippen LogP contribution is 2.27. The van der Waals surface area contributed by atoms with Crippen molar-refractivity contribution in [1.82, 2.24) is 9.62 Å². The van der Waals surface area contributed by atoms with E-state index in [1.165, 1.54) is 14.2 Å². The molecule has 0 aliphatic rings. The number of amides is 1. The Kier molecular flexibility index (Phi) is 6.11. The normalized spacial score (nSPS) is 11.3. The zero-order valence-corrected chi connectivity index (χ0v) is 14.2. The Morgan fingerprint density at radius 3 is 2.22 bits per heavy atom. The molecular formula is C14H20N2O6S. The van der Waals surface area contributed by atoms with E-state index in [2.05, 4.69) is 5.32 Å². The van der Waals surface area contributed by atoms with Crippen LogP contribution in [0.4, 0.5) is 0 Å². The van der Waals surface area contributed by atoms with Crippen molar-refractivity contribution in [2.75, 3.05) is 27.2 Å². The van der Waals surface area contributed by atoms with Crippen molar-refractivity contribution in [3.05, 3.63) is 23.3 Å². The SMILES string of the molecule is COc1cc(C)c(S(=O)(=O)N(C)CC(=O)NCC(=O)O)c(C)c1. The van der Waals surface area contributed by atoms with Gasteiger partial charge in [0.25, 0.3) is 0 Å². The average molecular weight is 344 g/mol. The van der Waals surface area contributed by atoms with Gasteiger partial charge in [0.05, 0.1) is 18.6 Å². The number of nitrogens with zero attached hydrogens (tertiary/aromatic N) is 1. The smallest absolute Gasteiger partial charge is 0.322 e. The van der Waals surface area contributed by atoms with Gasteiger partial charge in [-0.25, -0.2) is 8.42 Å². The molecule has 0 radical (unpaired) electrons. The number of carbonyl (C=O) groups is 2. The summed E-state index contributed by atoms with van der Waals surface area (Å²) in [6.45, 7) is 2.25. The molecule has 0 saturated carbocycles. The maximum Gasteiger partial charge on any atom is 0.322 e. The van der Waals surface area contributed by atoms with Gasteiger partial charge < -0.3 is 15.2 Å². The first-order valence-electron chi connectivity index (χ1n) is 6.69. The number of hydrogen-bond acceptors (Lipinski definition) is 5. The summed E-state index contributed by atoms with van der Waals surface area (Å²) >= 11 is 0. The highest BCUT2D eigenvalue weighted by Gasteiger charge is 2.27. The van der Waals surface area contributed by atoms with E-state index in [-0.39, 0.29) is 4.90 Å². The van der Waals surface area contributed by atoms with E-state index < -0.39 is 35.0 Å². The standard InChI is InChI=1S/C14H20N2O6S/c1-9-5-11(22-4)6-10(2)14(9)23(20,21)16(3)8-12(17)15-7-13(18)19/h5-6H,7-8H2,1-4H3,(H,15,17)(H,18,19). The number of rotatable bonds is 7. The van der Waals surface area contributed by atoms with E-state index in [0.717, 1.165) is 4.31 Å². The van der Waals surface area contributed by atoms with E-state index in [1.54, 1.807) is 26.0 Å². The summed E-state index contributed by atoms with van der Waals surface area (Å²) in [6.07, 6.45) is 0. The van der Waals surface area contributed by atoms with Crippen LogP contribution in [0.3, 0.4) is 0 Å². The lowest BCUT2D eigenvalue weighted by Gasteiger charge is -2.20. The van der Waals surface area contributed by atoms with E-state index in [4.69, 9.17) is 9.84 Å². The number of benzene rings is 1. The van der Waals surface area contributed by atoms with Crippen molar-refractivity contribution in [3.8, 4) is 5.75 Å². The van der Waals surface area contributed by atoms with E-state index >= 15 is 0 Å². The fourth-order valence-corrected chi connectivity index (χ4v) is 3.64. The van der Waals surface area contributed by atoms with Crippen LogP contribution in [0.1, 0.15) is 11.1 Å². The van der Waals surface area contributed by atoms with Gasteiger partial charge in [0.1, 0.15) is 12.3 Å². The Hall–Kier alpha value is -2.13. The molecule has 2 N–H and O–H groups in total. The second-order valence-corrected chi connectivity index (χ2v) is 7.00. The number of methoxy groups -OCH3 is 1. The van der Waals surface area contributed by atoms with Crippen LogP contribution in [-0.2, 0) is 19.6 Å². The van der Waals surface area contributed by atoms with Crippen LogP contribution in [0.25, 0.3) is 0 Å². The van der Waals surface area contributed by atoms with Gasteiger partial charge in [-0.15, -0.1) is 0 Å². The lowest BCUT2D eigenvalue weighted by atomic mass is 10.1. The summed E-state index contributed by atoms with van der Waals surface area (Å²) in [4.78, 5) is 22.1. The summed E-state index contributed by atoms with van der Waals surface area (Å²) in [6, 6.07) is 3.19. The van der Waals surface area contributed by atoms with Gasteiger partial charge in [0.2, 0.25) is 15.9 Å². The summed E-state index contributed by atoms with van der Waals surface area (Å²) in [5.74, 6) is -1.35. The molecule has 0 fully saturated rings. The Morgan fingerprint density at radius 1 is 1.26 bits per heavy atom. The molecule has 9 heteroatoms. The second-order valence-electron chi connectivity index (χ2n) is 5.02. The molecule has 0 unspecified atom stereocenters. The second kappa shape index (κ2) is 7.42. The number of sulfonamides is 1. The van der Waals surface area contributed by atoms with Crippen LogP contribution in [0.5, 0.6) is 5.75 Å². The van der Waals surface area contributed by atoms with Gasteiger partial charge in [-0.1, -0.05) is 0 Å². The van der Waals surface area contributed by atoms with Crippen LogP contribution < -0.4 is 10.1 Å². The van der Waals surface area contributed by atoms with Crippen molar-refractivity contribution >= 4 is 21.9 Å². The molecule has 23 heavy (non-hydrogen) atoms. The number of carboxylic acid groups (broad SMARTS) is 1. The minimum absolute atomic E-state index is 0.104. The summed E-state index contributed by atoms with van der Waals surface area (Å²) in [7, 11) is -1.14. The largest absolute Gasteiger partial charge is 0.497 e. The predicted octanol–water partition coefficient (Wildman–Crippen LogP) is 0.133. The van der Waals surface area contributed by atoms with Gasteiger partial charge in [-0.3, -0.25) is 9.59 Å². The molecule has 8 nitrogen and oxygen atoms in total. The molecule has 0 aliphatic heterocycles. The number of carboxylic acids is 1. The number of aryl methyl sites for hydroxylation is 2. The van der Waals surface area contributed by atoms with Crippen LogP contribution in [0.2, 0.25) is 0 Å². The maximum absolute atomic E-state index is 12.6. The number of aliphatic carboxylic acids is 1. The van der Waals surface area contributed by atoms with Gasteiger partial charge in [0.15, 0.2) is 0 Å². The lowest BCUT2D eigenvalue weighted by Crippen LogP contribution is -2.40. The van der Waals surface area contributed by atoms with Crippen LogP contribution >= 0.6 is 0 Å². The van der Waals surface area contributed by atoms with E-state index in [9.17, 15) is 18.0 Å². The van der Waals surface area contributed by atoms with Gasteiger partial charge in [0, 0.05) is 7.05 Å². The Morgan fingerprint density at radius 2 is 1.78 bits per heavy atom. The minimum atomic E-state index is -3.89. The molecule has 0 saturated heterocycles. The molecule has 0 atom stereocenters. The summed E-state index contributed by atoms with van der Waals surface area (Å²) < 4.78 is 31.2. The van der Waals surface area contributed by atoms with Crippen molar-refractivity contribution in [2.45, 2.75) is 18.7 Å². The highest BCUT2D eigenvalue weighted by atomic mass is 32.2. The van der Waals surface area contributed by atoms with Crippen molar-refractivity contribution in [2.24, 2.45) is 0 Å². The van der Waals surface area contributed by atoms with E-state index in [1.807, 2.05) is 0 Å².